The molecule has 0 aliphatic rings. The fourth-order valence-electron chi connectivity index (χ4n) is 1.83. The molecule has 4 nitrogen and oxygen atoms in total. The maximum atomic E-state index is 10.2. The standard InChI is InChI=1S/C15H12N2O2/c18-13(11-7-3-1-4-8-11)15-16-14(17-19-15)12-9-5-2-6-10-12/h1-10,13,18H/t13-/m1/s1. The van der Waals surface area contributed by atoms with Gasteiger partial charge >= 0.3 is 0 Å². The maximum Gasteiger partial charge on any atom is 0.260 e. The molecule has 1 atom stereocenters. The molecule has 0 aliphatic carbocycles. The summed E-state index contributed by atoms with van der Waals surface area (Å²) < 4.78 is 5.12. The molecule has 0 fully saturated rings. The van der Waals surface area contributed by atoms with Crippen LogP contribution >= 0.6 is 0 Å². The normalized spacial score (nSPS) is 12.3. The van der Waals surface area contributed by atoms with E-state index in [0.29, 0.717) is 5.82 Å². The largest absolute Gasteiger partial charge is 0.378 e. The minimum Gasteiger partial charge on any atom is -0.378 e. The van der Waals surface area contributed by atoms with Crippen molar-refractivity contribution < 1.29 is 9.63 Å². The molecule has 2 aromatic carbocycles. The SMILES string of the molecule is O[C@H](c1ccccc1)c1nc(-c2ccccc2)no1. The van der Waals surface area contributed by atoms with Gasteiger partial charge in [0.25, 0.3) is 5.89 Å². The Balaban J connectivity index is 1.90. The van der Waals surface area contributed by atoms with E-state index < -0.39 is 6.10 Å². The van der Waals surface area contributed by atoms with E-state index in [1.54, 1.807) is 0 Å². The second-order valence-corrected chi connectivity index (χ2v) is 4.14. The summed E-state index contributed by atoms with van der Waals surface area (Å²) in [6.45, 7) is 0. The number of rotatable bonds is 3. The Hall–Kier alpha value is -2.46. The van der Waals surface area contributed by atoms with E-state index >= 15 is 0 Å². The van der Waals surface area contributed by atoms with E-state index in [1.807, 2.05) is 60.7 Å². The maximum absolute atomic E-state index is 10.2. The van der Waals surface area contributed by atoms with E-state index in [-0.39, 0.29) is 5.89 Å². The molecule has 0 bridgehead atoms. The lowest BCUT2D eigenvalue weighted by Crippen LogP contribution is -1.99. The van der Waals surface area contributed by atoms with E-state index in [0.717, 1.165) is 11.1 Å². The number of aromatic nitrogens is 2. The van der Waals surface area contributed by atoms with Crippen molar-refractivity contribution in [2.24, 2.45) is 0 Å². The van der Waals surface area contributed by atoms with Gasteiger partial charge in [0.05, 0.1) is 0 Å². The highest BCUT2D eigenvalue weighted by molar-refractivity contribution is 5.53. The van der Waals surface area contributed by atoms with Crippen LogP contribution in [-0.2, 0) is 0 Å². The summed E-state index contributed by atoms with van der Waals surface area (Å²) in [6, 6.07) is 18.7. The van der Waals surface area contributed by atoms with Crippen molar-refractivity contribution in [3.05, 3.63) is 72.1 Å². The first-order valence-corrected chi connectivity index (χ1v) is 5.96. The van der Waals surface area contributed by atoms with Crippen molar-refractivity contribution in [2.75, 3.05) is 0 Å². The molecule has 1 heterocycles. The number of aliphatic hydroxyl groups excluding tert-OH is 1. The van der Waals surface area contributed by atoms with E-state index in [2.05, 4.69) is 10.1 Å². The molecule has 0 saturated carbocycles. The first-order valence-electron chi connectivity index (χ1n) is 5.96. The third-order valence-electron chi connectivity index (χ3n) is 2.82. The second kappa shape index (κ2) is 5.04. The van der Waals surface area contributed by atoms with Crippen LogP contribution < -0.4 is 0 Å². The molecule has 1 N–H and O–H groups in total. The van der Waals surface area contributed by atoms with Crippen molar-refractivity contribution >= 4 is 0 Å². The molecule has 3 rings (SSSR count). The quantitative estimate of drug-likeness (QED) is 0.778. The molecule has 0 radical (unpaired) electrons. The molecule has 94 valence electrons. The highest BCUT2D eigenvalue weighted by Crippen LogP contribution is 2.22. The van der Waals surface area contributed by atoms with Gasteiger partial charge in [-0.3, -0.25) is 0 Å². The molecular formula is C15H12N2O2. The van der Waals surface area contributed by atoms with Crippen molar-refractivity contribution in [3.63, 3.8) is 0 Å². The zero-order valence-corrected chi connectivity index (χ0v) is 10.1. The molecule has 1 aromatic heterocycles. The Labute approximate surface area is 110 Å². The highest BCUT2D eigenvalue weighted by atomic mass is 16.5. The van der Waals surface area contributed by atoms with E-state index in [4.69, 9.17) is 4.52 Å². The van der Waals surface area contributed by atoms with Gasteiger partial charge in [-0.05, 0) is 5.56 Å². The van der Waals surface area contributed by atoms with Crippen molar-refractivity contribution in [1.29, 1.82) is 0 Å². The lowest BCUT2D eigenvalue weighted by atomic mass is 10.1. The Bertz CT molecular complexity index is 650. The zero-order valence-electron chi connectivity index (χ0n) is 10.1. The molecule has 3 aromatic rings. The highest BCUT2D eigenvalue weighted by Gasteiger charge is 2.18. The first kappa shape index (κ1) is 11.6. The molecule has 0 aliphatic heterocycles. The van der Waals surface area contributed by atoms with Crippen molar-refractivity contribution in [3.8, 4) is 11.4 Å². The summed E-state index contributed by atoms with van der Waals surface area (Å²) in [7, 11) is 0. The van der Waals surface area contributed by atoms with Crippen LogP contribution in [0.3, 0.4) is 0 Å². The fourth-order valence-corrected chi connectivity index (χ4v) is 1.83. The zero-order chi connectivity index (χ0) is 13.1. The van der Waals surface area contributed by atoms with E-state index in [1.165, 1.54) is 0 Å². The average molecular weight is 252 g/mol. The average Bonchev–Trinajstić information content (AvgIpc) is 2.98. The van der Waals surface area contributed by atoms with Gasteiger partial charge in [-0.1, -0.05) is 65.8 Å². The Morgan fingerprint density at radius 1 is 0.895 bits per heavy atom. The van der Waals surface area contributed by atoms with Crippen LogP contribution in [0.25, 0.3) is 11.4 Å². The van der Waals surface area contributed by atoms with Crippen LogP contribution in [0.1, 0.15) is 17.6 Å². The Morgan fingerprint density at radius 2 is 1.53 bits per heavy atom. The third kappa shape index (κ3) is 2.39. The predicted octanol–water partition coefficient (Wildman–Crippen LogP) is 2.82. The molecule has 4 heteroatoms. The van der Waals surface area contributed by atoms with Crippen LogP contribution in [0.15, 0.2) is 65.2 Å². The monoisotopic (exact) mass is 252 g/mol. The molecule has 0 unspecified atom stereocenters. The minimum atomic E-state index is -0.897. The van der Waals surface area contributed by atoms with Crippen LogP contribution in [0.4, 0.5) is 0 Å². The second-order valence-electron chi connectivity index (χ2n) is 4.14. The van der Waals surface area contributed by atoms with Gasteiger partial charge in [-0.15, -0.1) is 0 Å². The van der Waals surface area contributed by atoms with Gasteiger partial charge in [-0.25, -0.2) is 0 Å². The van der Waals surface area contributed by atoms with Crippen LogP contribution in [-0.4, -0.2) is 15.2 Å². The first-order chi connectivity index (χ1) is 9.34. The topological polar surface area (TPSA) is 59.2 Å². The third-order valence-corrected chi connectivity index (χ3v) is 2.82. The van der Waals surface area contributed by atoms with Crippen molar-refractivity contribution in [1.82, 2.24) is 10.1 Å². The van der Waals surface area contributed by atoms with Gasteiger partial charge in [0.2, 0.25) is 5.82 Å². The molecule has 0 spiro atoms. The van der Waals surface area contributed by atoms with Gasteiger partial charge in [0.15, 0.2) is 6.10 Å². The number of nitrogens with zero attached hydrogens (tertiary/aromatic N) is 2. The summed E-state index contributed by atoms with van der Waals surface area (Å²) in [5.41, 5.74) is 1.59. The number of hydrogen-bond donors (Lipinski definition) is 1. The van der Waals surface area contributed by atoms with Gasteiger partial charge in [0.1, 0.15) is 0 Å². The van der Waals surface area contributed by atoms with Crippen molar-refractivity contribution in [2.45, 2.75) is 6.10 Å². The molecule has 0 amide bonds. The smallest absolute Gasteiger partial charge is 0.260 e. The molecular weight excluding hydrogens is 240 g/mol. The molecule has 0 saturated heterocycles. The summed E-state index contributed by atoms with van der Waals surface area (Å²) >= 11 is 0. The predicted molar refractivity (Wildman–Crippen MR) is 70.2 cm³/mol. The van der Waals surface area contributed by atoms with Crippen LogP contribution in [0.5, 0.6) is 0 Å². The van der Waals surface area contributed by atoms with Gasteiger partial charge in [-0.2, -0.15) is 4.98 Å². The number of benzene rings is 2. The Morgan fingerprint density at radius 3 is 2.21 bits per heavy atom. The van der Waals surface area contributed by atoms with E-state index in [9.17, 15) is 5.11 Å². The summed E-state index contributed by atoms with van der Waals surface area (Å²) in [4.78, 5) is 4.23. The fraction of sp³-hybridized carbons (Fsp3) is 0.0667. The summed E-state index contributed by atoms with van der Waals surface area (Å²) in [5, 5.41) is 14.0. The van der Waals surface area contributed by atoms with Gasteiger partial charge < -0.3 is 9.63 Å². The van der Waals surface area contributed by atoms with Gasteiger partial charge in [0, 0.05) is 5.56 Å². The Kier molecular flexibility index (Phi) is 3.08. The summed E-state index contributed by atoms with van der Waals surface area (Å²) in [5.74, 6) is 0.677. The number of aliphatic hydroxyl groups is 1. The van der Waals surface area contributed by atoms with Crippen LogP contribution in [0.2, 0.25) is 0 Å². The lowest BCUT2D eigenvalue weighted by molar-refractivity contribution is 0.170. The number of hydrogen-bond acceptors (Lipinski definition) is 4. The minimum absolute atomic E-state index is 0.199. The molecule has 19 heavy (non-hydrogen) atoms. The van der Waals surface area contributed by atoms with Crippen LogP contribution in [0, 0.1) is 0 Å². The lowest BCUT2D eigenvalue weighted by Gasteiger charge is -2.04. The summed E-state index contributed by atoms with van der Waals surface area (Å²) in [6.07, 6.45) is -0.897.